The third kappa shape index (κ3) is 4.35. The Morgan fingerprint density at radius 3 is 2.84 bits per heavy atom. The molecule has 2 atom stereocenters. The minimum atomic E-state index is -3.01. The summed E-state index contributed by atoms with van der Waals surface area (Å²) in [6.07, 6.45) is 1.36. The van der Waals surface area contributed by atoms with Crippen molar-refractivity contribution in [2.45, 2.75) is 43.1 Å². The van der Waals surface area contributed by atoms with Crippen LogP contribution in [-0.2, 0) is 14.6 Å². The average Bonchev–Trinajstić information content (AvgIpc) is 3.15. The van der Waals surface area contributed by atoms with Crippen molar-refractivity contribution in [1.29, 1.82) is 0 Å². The molecule has 0 radical (unpaired) electrons. The predicted molar refractivity (Wildman–Crippen MR) is 104 cm³/mol. The second-order valence-corrected chi connectivity index (χ2v) is 10.8. The van der Waals surface area contributed by atoms with Crippen molar-refractivity contribution in [3.8, 4) is 0 Å². The number of sulfone groups is 1. The molecular formula is C17H22N2O3S3. The number of aromatic nitrogens is 1. The van der Waals surface area contributed by atoms with Gasteiger partial charge in [-0.25, -0.2) is 13.4 Å². The number of carbonyl (C=O) groups is 1. The summed E-state index contributed by atoms with van der Waals surface area (Å²) in [6.45, 7) is 4.01. The number of thiazole rings is 1. The average molecular weight is 399 g/mol. The first-order valence-corrected chi connectivity index (χ1v) is 12.0. The quantitative estimate of drug-likeness (QED) is 0.699. The third-order valence-electron chi connectivity index (χ3n) is 4.55. The Kier molecular flexibility index (Phi) is 5.70. The van der Waals surface area contributed by atoms with E-state index in [1.54, 1.807) is 16.2 Å². The Morgan fingerprint density at radius 1 is 1.44 bits per heavy atom. The Morgan fingerprint density at radius 2 is 2.20 bits per heavy atom. The highest BCUT2D eigenvalue weighted by Gasteiger charge is 2.36. The number of amides is 1. The molecule has 136 valence electrons. The molecule has 1 aromatic heterocycles. The van der Waals surface area contributed by atoms with Crippen LogP contribution in [0.15, 0.2) is 28.6 Å². The van der Waals surface area contributed by atoms with Crippen LogP contribution in [0.4, 0.5) is 0 Å². The number of hydrogen-bond acceptors (Lipinski definition) is 6. The largest absolute Gasteiger partial charge is 0.335 e. The van der Waals surface area contributed by atoms with Crippen molar-refractivity contribution < 1.29 is 13.2 Å². The number of nitrogens with zero attached hydrogens (tertiary/aromatic N) is 2. The standard InChI is InChI=1S/C17H22N2O3S3/c1-3-12(2)19(13-8-9-25(21,22)11-13)16(20)10-23-17-18-14-6-4-5-7-15(14)24-17/h4-7,12-13H,3,8-11H2,1-2H3/t12-,13-/m1/s1. The van der Waals surface area contributed by atoms with Crippen molar-refractivity contribution in [2.75, 3.05) is 17.3 Å². The molecule has 5 nitrogen and oxygen atoms in total. The van der Waals surface area contributed by atoms with Gasteiger partial charge < -0.3 is 4.90 Å². The van der Waals surface area contributed by atoms with Gasteiger partial charge in [-0.3, -0.25) is 4.79 Å². The topological polar surface area (TPSA) is 67.3 Å². The second kappa shape index (κ2) is 7.63. The SMILES string of the molecule is CC[C@@H](C)N(C(=O)CSc1nc2ccccc2s1)[C@@H]1CCS(=O)(=O)C1. The van der Waals surface area contributed by atoms with Gasteiger partial charge in [-0.2, -0.15) is 0 Å². The Bertz CT molecular complexity index is 830. The van der Waals surface area contributed by atoms with Gasteiger partial charge >= 0.3 is 0 Å². The number of hydrogen-bond donors (Lipinski definition) is 0. The minimum Gasteiger partial charge on any atom is -0.335 e. The van der Waals surface area contributed by atoms with E-state index in [1.165, 1.54) is 11.8 Å². The van der Waals surface area contributed by atoms with E-state index in [1.807, 2.05) is 38.1 Å². The maximum absolute atomic E-state index is 12.8. The van der Waals surface area contributed by atoms with E-state index >= 15 is 0 Å². The van der Waals surface area contributed by atoms with Crippen molar-refractivity contribution in [2.24, 2.45) is 0 Å². The molecule has 0 unspecified atom stereocenters. The molecule has 2 heterocycles. The van der Waals surface area contributed by atoms with Gasteiger partial charge in [0.1, 0.15) is 0 Å². The maximum Gasteiger partial charge on any atom is 0.233 e. The maximum atomic E-state index is 12.8. The van der Waals surface area contributed by atoms with E-state index in [0.717, 1.165) is 21.0 Å². The van der Waals surface area contributed by atoms with Crippen LogP contribution in [0.1, 0.15) is 26.7 Å². The summed E-state index contributed by atoms with van der Waals surface area (Å²) in [5.41, 5.74) is 0.947. The fraction of sp³-hybridized carbons (Fsp3) is 0.529. The fourth-order valence-corrected chi connectivity index (χ4v) is 6.76. The third-order valence-corrected chi connectivity index (χ3v) is 8.46. The summed E-state index contributed by atoms with van der Waals surface area (Å²) >= 11 is 3.02. The van der Waals surface area contributed by atoms with Crippen molar-refractivity contribution in [3.05, 3.63) is 24.3 Å². The first kappa shape index (κ1) is 18.7. The number of thioether (sulfide) groups is 1. The number of carbonyl (C=O) groups excluding carboxylic acids is 1. The molecule has 2 aromatic rings. The Hall–Kier alpha value is -1.12. The molecule has 1 saturated heterocycles. The minimum absolute atomic E-state index is 0.000654. The molecule has 1 aliphatic heterocycles. The van der Waals surface area contributed by atoms with E-state index < -0.39 is 9.84 Å². The summed E-state index contributed by atoms with van der Waals surface area (Å²) in [6, 6.07) is 7.77. The highest BCUT2D eigenvalue weighted by molar-refractivity contribution is 8.01. The molecule has 25 heavy (non-hydrogen) atoms. The smallest absolute Gasteiger partial charge is 0.233 e. The molecule has 8 heteroatoms. The summed E-state index contributed by atoms with van der Waals surface area (Å²) in [5.74, 6) is 0.569. The van der Waals surface area contributed by atoms with Gasteiger partial charge in [-0.05, 0) is 31.9 Å². The lowest BCUT2D eigenvalue weighted by molar-refractivity contribution is -0.132. The molecule has 0 spiro atoms. The van der Waals surface area contributed by atoms with Crippen LogP contribution < -0.4 is 0 Å². The molecule has 0 N–H and O–H groups in total. The van der Waals surface area contributed by atoms with Crippen LogP contribution in [0.2, 0.25) is 0 Å². The predicted octanol–water partition coefficient (Wildman–Crippen LogP) is 3.20. The lowest BCUT2D eigenvalue weighted by atomic mass is 10.1. The molecule has 1 amide bonds. The lowest BCUT2D eigenvalue weighted by Gasteiger charge is -2.33. The first-order chi connectivity index (χ1) is 11.9. The van der Waals surface area contributed by atoms with Gasteiger partial charge in [-0.15, -0.1) is 11.3 Å². The number of benzene rings is 1. The van der Waals surface area contributed by atoms with Crippen LogP contribution in [0.25, 0.3) is 10.2 Å². The number of rotatable bonds is 6. The number of fused-ring (bicyclic) bond motifs is 1. The Balaban J connectivity index is 1.69. The summed E-state index contributed by atoms with van der Waals surface area (Å²) in [5, 5.41) is 0. The fourth-order valence-electron chi connectivity index (χ4n) is 3.11. The van der Waals surface area contributed by atoms with Gasteiger partial charge in [0.2, 0.25) is 5.91 Å². The Labute approximate surface area is 156 Å². The molecule has 1 aromatic carbocycles. The van der Waals surface area contributed by atoms with Crippen LogP contribution in [0.3, 0.4) is 0 Å². The van der Waals surface area contributed by atoms with Crippen LogP contribution in [0.5, 0.6) is 0 Å². The lowest BCUT2D eigenvalue weighted by Crippen LogP contribution is -2.47. The summed E-state index contributed by atoms with van der Waals surface area (Å²) in [4.78, 5) is 19.2. The first-order valence-electron chi connectivity index (χ1n) is 8.39. The monoisotopic (exact) mass is 398 g/mol. The molecule has 3 rings (SSSR count). The van der Waals surface area contributed by atoms with Crippen molar-refractivity contribution in [3.63, 3.8) is 0 Å². The molecule has 0 bridgehead atoms. The van der Waals surface area contributed by atoms with Crippen molar-refractivity contribution >= 4 is 49.1 Å². The molecular weight excluding hydrogens is 376 g/mol. The second-order valence-electron chi connectivity index (χ2n) is 6.35. The van der Waals surface area contributed by atoms with Crippen LogP contribution in [-0.4, -0.2) is 53.6 Å². The van der Waals surface area contributed by atoms with Gasteiger partial charge in [0.15, 0.2) is 14.2 Å². The number of para-hydroxylation sites is 1. The molecule has 1 aliphatic rings. The summed E-state index contributed by atoms with van der Waals surface area (Å²) in [7, 11) is -3.01. The van der Waals surface area contributed by atoms with E-state index in [9.17, 15) is 13.2 Å². The molecule has 0 aliphatic carbocycles. The van der Waals surface area contributed by atoms with Gasteiger partial charge in [0.25, 0.3) is 0 Å². The van der Waals surface area contributed by atoms with Crippen molar-refractivity contribution in [1.82, 2.24) is 9.88 Å². The van der Waals surface area contributed by atoms with E-state index in [-0.39, 0.29) is 29.5 Å². The highest BCUT2D eigenvalue weighted by atomic mass is 32.2. The van der Waals surface area contributed by atoms with E-state index in [0.29, 0.717) is 12.2 Å². The van der Waals surface area contributed by atoms with Gasteiger partial charge in [0, 0.05) is 12.1 Å². The molecule has 0 saturated carbocycles. The van der Waals surface area contributed by atoms with E-state index in [4.69, 9.17) is 0 Å². The highest BCUT2D eigenvalue weighted by Crippen LogP contribution is 2.30. The zero-order chi connectivity index (χ0) is 18.0. The zero-order valence-electron chi connectivity index (χ0n) is 14.3. The van der Waals surface area contributed by atoms with Gasteiger partial charge in [0.05, 0.1) is 27.5 Å². The summed E-state index contributed by atoms with van der Waals surface area (Å²) < 4.78 is 25.6. The van der Waals surface area contributed by atoms with Gasteiger partial charge in [-0.1, -0.05) is 30.8 Å². The van der Waals surface area contributed by atoms with E-state index in [2.05, 4.69) is 4.98 Å². The van der Waals surface area contributed by atoms with Crippen LogP contribution >= 0.6 is 23.1 Å². The molecule has 1 fully saturated rings. The van der Waals surface area contributed by atoms with Crippen LogP contribution in [0, 0.1) is 0 Å². The zero-order valence-corrected chi connectivity index (χ0v) is 16.8. The normalized spacial score (nSPS) is 20.6.